The van der Waals surface area contributed by atoms with Crippen LogP contribution in [0, 0.1) is 0 Å². The minimum atomic E-state index is 0.370. The Morgan fingerprint density at radius 3 is 2.86 bits per heavy atom. The quantitative estimate of drug-likeness (QED) is 0.831. The number of methoxy groups -OCH3 is 1. The average Bonchev–Trinajstić information content (AvgIpc) is 2.59. The van der Waals surface area contributed by atoms with Crippen LogP contribution in [0.3, 0.4) is 0 Å². The van der Waals surface area contributed by atoms with Gasteiger partial charge in [0.25, 0.3) is 0 Å². The Morgan fingerprint density at radius 1 is 1.43 bits per heavy atom. The van der Waals surface area contributed by atoms with Gasteiger partial charge in [0.1, 0.15) is 5.76 Å². The summed E-state index contributed by atoms with van der Waals surface area (Å²) in [6, 6.07) is 5.40. The van der Waals surface area contributed by atoms with E-state index >= 15 is 0 Å². The minimum absolute atomic E-state index is 0.370. The molecule has 0 spiro atoms. The highest BCUT2D eigenvalue weighted by atomic mass is 35.5. The maximum atomic E-state index is 5.90. The second-order valence-corrected chi connectivity index (χ2v) is 3.38. The maximum absolute atomic E-state index is 5.90. The first-order chi connectivity index (χ1) is 6.74. The molecule has 0 saturated heterocycles. The van der Waals surface area contributed by atoms with Crippen molar-refractivity contribution < 1.29 is 9.15 Å². The Hall–Kier alpha value is -1.19. The molecule has 0 atom stereocenters. The number of benzene rings is 1. The largest absolute Gasteiger partial charge is 0.493 e. The number of rotatable bonds is 2. The van der Waals surface area contributed by atoms with Crippen molar-refractivity contribution in [2.24, 2.45) is 5.73 Å². The van der Waals surface area contributed by atoms with Gasteiger partial charge in [-0.2, -0.15) is 0 Å². The van der Waals surface area contributed by atoms with E-state index in [1.165, 1.54) is 0 Å². The normalized spacial score (nSPS) is 10.8. The summed E-state index contributed by atoms with van der Waals surface area (Å²) in [5.74, 6) is 1.35. The highest BCUT2D eigenvalue weighted by molar-refractivity contribution is 6.31. The molecule has 2 rings (SSSR count). The van der Waals surface area contributed by atoms with Crippen molar-refractivity contribution in [1.82, 2.24) is 0 Å². The number of ether oxygens (including phenoxy) is 1. The van der Waals surface area contributed by atoms with Crippen LogP contribution in [0.25, 0.3) is 11.0 Å². The van der Waals surface area contributed by atoms with E-state index in [1.807, 2.05) is 12.1 Å². The summed E-state index contributed by atoms with van der Waals surface area (Å²) in [5, 5.41) is 1.54. The summed E-state index contributed by atoms with van der Waals surface area (Å²) in [7, 11) is 1.58. The fourth-order valence-corrected chi connectivity index (χ4v) is 1.61. The summed E-state index contributed by atoms with van der Waals surface area (Å²) in [4.78, 5) is 0. The zero-order valence-corrected chi connectivity index (χ0v) is 8.47. The first kappa shape index (κ1) is 9.37. The second kappa shape index (κ2) is 3.52. The molecule has 0 amide bonds. The second-order valence-electron chi connectivity index (χ2n) is 2.94. The van der Waals surface area contributed by atoms with E-state index in [-0.39, 0.29) is 0 Å². The zero-order valence-electron chi connectivity index (χ0n) is 7.71. The van der Waals surface area contributed by atoms with Gasteiger partial charge in [-0.25, -0.2) is 0 Å². The van der Waals surface area contributed by atoms with Crippen molar-refractivity contribution in [1.29, 1.82) is 0 Å². The number of halogens is 1. The molecule has 1 aromatic heterocycles. The van der Waals surface area contributed by atoms with Crippen LogP contribution in [0.1, 0.15) is 5.76 Å². The molecule has 0 radical (unpaired) electrons. The molecule has 3 nitrogen and oxygen atoms in total. The van der Waals surface area contributed by atoms with Gasteiger partial charge in [-0.05, 0) is 12.1 Å². The van der Waals surface area contributed by atoms with Gasteiger partial charge >= 0.3 is 0 Å². The lowest BCUT2D eigenvalue weighted by atomic mass is 10.2. The third-order valence-electron chi connectivity index (χ3n) is 2.02. The summed E-state index contributed by atoms with van der Waals surface area (Å²) in [6.45, 7) is 0.370. The summed E-state index contributed by atoms with van der Waals surface area (Å²) >= 11 is 5.90. The topological polar surface area (TPSA) is 48.4 Å². The van der Waals surface area contributed by atoms with Crippen molar-refractivity contribution in [3.63, 3.8) is 0 Å². The van der Waals surface area contributed by atoms with Gasteiger partial charge in [-0.3, -0.25) is 0 Å². The molecule has 0 saturated carbocycles. The molecule has 0 aliphatic heterocycles. The van der Waals surface area contributed by atoms with Gasteiger partial charge in [-0.15, -0.1) is 0 Å². The van der Waals surface area contributed by atoms with E-state index in [0.29, 0.717) is 22.9 Å². The van der Waals surface area contributed by atoms with Gasteiger partial charge in [0, 0.05) is 16.5 Å². The first-order valence-corrected chi connectivity index (χ1v) is 4.58. The maximum Gasteiger partial charge on any atom is 0.176 e. The van der Waals surface area contributed by atoms with E-state index in [4.69, 9.17) is 26.5 Å². The van der Waals surface area contributed by atoms with Crippen molar-refractivity contribution in [2.45, 2.75) is 6.54 Å². The summed E-state index contributed by atoms with van der Waals surface area (Å²) < 4.78 is 10.6. The lowest BCUT2D eigenvalue weighted by Gasteiger charge is -2.00. The SMILES string of the molecule is COc1cc(Cl)cc2cc(CN)oc12. The van der Waals surface area contributed by atoms with Crippen molar-refractivity contribution >= 4 is 22.6 Å². The molecule has 1 aromatic carbocycles. The van der Waals surface area contributed by atoms with Gasteiger partial charge < -0.3 is 14.9 Å². The Morgan fingerprint density at radius 2 is 2.21 bits per heavy atom. The van der Waals surface area contributed by atoms with Crippen LogP contribution in [-0.2, 0) is 6.54 Å². The predicted molar refractivity (Wildman–Crippen MR) is 55.7 cm³/mol. The fraction of sp³-hybridized carbons (Fsp3) is 0.200. The van der Waals surface area contributed by atoms with Crippen LogP contribution in [-0.4, -0.2) is 7.11 Å². The number of hydrogen-bond donors (Lipinski definition) is 1. The Balaban J connectivity index is 2.71. The zero-order chi connectivity index (χ0) is 10.1. The molecule has 0 aliphatic rings. The smallest absolute Gasteiger partial charge is 0.176 e. The third-order valence-corrected chi connectivity index (χ3v) is 2.24. The van der Waals surface area contributed by atoms with Crippen molar-refractivity contribution in [2.75, 3.05) is 7.11 Å². The van der Waals surface area contributed by atoms with Crippen LogP contribution >= 0.6 is 11.6 Å². The van der Waals surface area contributed by atoms with Crippen LogP contribution in [0.2, 0.25) is 5.02 Å². The summed E-state index contributed by atoms with van der Waals surface area (Å²) in [6.07, 6.45) is 0. The predicted octanol–water partition coefficient (Wildman–Crippen LogP) is 2.55. The molecule has 0 fully saturated rings. The van der Waals surface area contributed by atoms with Gasteiger partial charge in [0.2, 0.25) is 0 Å². The minimum Gasteiger partial charge on any atom is -0.493 e. The van der Waals surface area contributed by atoms with Gasteiger partial charge in [0.15, 0.2) is 11.3 Å². The van der Waals surface area contributed by atoms with Crippen LogP contribution < -0.4 is 10.5 Å². The monoisotopic (exact) mass is 211 g/mol. The van der Waals surface area contributed by atoms with Crippen molar-refractivity contribution in [3.8, 4) is 5.75 Å². The number of hydrogen-bond acceptors (Lipinski definition) is 3. The Bertz CT molecular complexity index is 464. The van der Waals surface area contributed by atoms with E-state index < -0.39 is 0 Å². The Labute approximate surface area is 86.4 Å². The molecule has 74 valence electrons. The lowest BCUT2D eigenvalue weighted by Crippen LogP contribution is -1.92. The summed E-state index contributed by atoms with van der Waals surface area (Å²) in [5.41, 5.74) is 6.17. The number of nitrogens with two attached hydrogens (primary N) is 1. The molecular formula is C10H10ClNO2. The molecule has 14 heavy (non-hydrogen) atoms. The molecule has 0 unspecified atom stereocenters. The van der Waals surface area contributed by atoms with Gasteiger partial charge in [0.05, 0.1) is 13.7 Å². The van der Waals surface area contributed by atoms with Crippen LogP contribution in [0.5, 0.6) is 5.75 Å². The molecule has 0 bridgehead atoms. The van der Waals surface area contributed by atoms with Crippen LogP contribution in [0.4, 0.5) is 0 Å². The van der Waals surface area contributed by atoms with E-state index in [1.54, 1.807) is 13.2 Å². The van der Waals surface area contributed by atoms with E-state index in [2.05, 4.69) is 0 Å². The first-order valence-electron chi connectivity index (χ1n) is 4.20. The standard InChI is InChI=1S/C10H10ClNO2/c1-13-9-4-7(11)2-6-3-8(5-12)14-10(6)9/h2-4H,5,12H2,1H3. The molecule has 4 heteroatoms. The highest BCUT2D eigenvalue weighted by Gasteiger charge is 2.09. The molecule has 1 heterocycles. The molecule has 2 aromatic rings. The van der Waals surface area contributed by atoms with E-state index in [9.17, 15) is 0 Å². The van der Waals surface area contributed by atoms with E-state index in [0.717, 1.165) is 11.1 Å². The molecule has 2 N–H and O–H groups in total. The van der Waals surface area contributed by atoms with Crippen LogP contribution in [0.15, 0.2) is 22.6 Å². The fourth-order valence-electron chi connectivity index (χ4n) is 1.39. The molecular weight excluding hydrogens is 202 g/mol. The third kappa shape index (κ3) is 1.45. The number of furan rings is 1. The number of fused-ring (bicyclic) bond motifs is 1. The lowest BCUT2D eigenvalue weighted by molar-refractivity contribution is 0.407. The Kier molecular flexibility index (Phi) is 2.35. The molecule has 0 aliphatic carbocycles. The van der Waals surface area contributed by atoms with Crippen molar-refractivity contribution in [3.05, 3.63) is 29.0 Å². The highest BCUT2D eigenvalue weighted by Crippen LogP contribution is 2.32. The average molecular weight is 212 g/mol. The van der Waals surface area contributed by atoms with Gasteiger partial charge in [-0.1, -0.05) is 11.6 Å².